The zero-order chi connectivity index (χ0) is 29.2. The monoisotopic (exact) mass is 564 g/mol. The normalized spacial score (nSPS) is 12.6. The number of nitrogens with one attached hydrogen (secondary N) is 2. The number of aromatic nitrogens is 2. The summed E-state index contributed by atoms with van der Waals surface area (Å²) in [6.45, 7) is 8.37. The molecule has 2 N–H and O–H groups in total. The Hall–Kier alpha value is -3.62. The van der Waals surface area contributed by atoms with Crippen LogP contribution in [-0.2, 0) is 11.8 Å². The minimum atomic E-state index is -0.500. The molecule has 0 aliphatic heterocycles. The minimum Gasteiger partial charge on any atom is -0.461 e. The quantitative estimate of drug-likeness (QED) is 0.211. The van der Waals surface area contributed by atoms with Crippen LogP contribution in [0.3, 0.4) is 0 Å². The summed E-state index contributed by atoms with van der Waals surface area (Å²) < 4.78 is 9.14. The zero-order valence-electron chi connectivity index (χ0n) is 23.9. The van der Waals surface area contributed by atoms with Gasteiger partial charge < -0.3 is 15.1 Å². The smallest absolute Gasteiger partial charge is 0.295 e. The van der Waals surface area contributed by atoms with Crippen LogP contribution in [0.1, 0.15) is 67.8 Å². The number of likely N-dealkylation sites (N-methyl/N-ethyl adjacent to an activating group) is 1. The van der Waals surface area contributed by atoms with E-state index < -0.39 is 5.41 Å². The van der Waals surface area contributed by atoms with Crippen molar-refractivity contribution in [3.8, 4) is 5.69 Å². The molecule has 4 rings (SSSR count). The van der Waals surface area contributed by atoms with Crippen molar-refractivity contribution in [3.63, 3.8) is 0 Å². The molecule has 0 aliphatic carbocycles. The number of halogens is 1. The molecule has 0 saturated carbocycles. The average Bonchev–Trinajstić information content (AvgIpc) is 3.37. The number of amides is 1. The van der Waals surface area contributed by atoms with Crippen LogP contribution in [0.25, 0.3) is 16.7 Å². The third-order valence-corrected chi connectivity index (χ3v) is 7.44. The molecular weight excluding hydrogens is 528 g/mol. The van der Waals surface area contributed by atoms with Gasteiger partial charge in [-0.2, -0.15) is 0 Å². The number of ketones is 1. The predicted octanol–water partition coefficient (Wildman–Crippen LogP) is 6.22. The molecule has 2 heterocycles. The number of furan rings is 1. The number of carbonyl (C=O) groups is 2. The first-order valence-corrected chi connectivity index (χ1v) is 13.8. The Labute approximate surface area is 239 Å². The molecule has 1 atom stereocenters. The molecule has 9 heteroatoms. The molecule has 8 nitrogen and oxygen atoms in total. The molecule has 1 amide bonds. The summed E-state index contributed by atoms with van der Waals surface area (Å²) >= 11 is 6.25. The molecule has 212 valence electrons. The topological polar surface area (TPSA) is 98.3 Å². The summed E-state index contributed by atoms with van der Waals surface area (Å²) in [7, 11) is 3.68. The molecule has 1 unspecified atom stereocenters. The van der Waals surface area contributed by atoms with Crippen LogP contribution < -0.4 is 16.2 Å². The lowest BCUT2D eigenvalue weighted by molar-refractivity contribution is -0.118. The summed E-state index contributed by atoms with van der Waals surface area (Å²) in [4.78, 5) is 40.0. The van der Waals surface area contributed by atoms with Crippen molar-refractivity contribution in [2.24, 2.45) is 12.5 Å². The lowest BCUT2D eigenvalue weighted by Gasteiger charge is -2.24. The number of hydrogen-bond acceptors (Lipinski definition) is 5. The van der Waals surface area contributed by atoms with Gasteiger partial charge in [-0.3, -0.25) is 19.1 Å². The lowest BCUT2D eigenvalue weighted by Crippen LogP contribution is -2.27. The number of nitrogens with zero attached hydrogens (tertiary/aromatic N) is 2. The Kier molecular flexibility index (Phi) is 8.71. The lowest BCUT2D eigenvalue weighted by atomic mass is 9.82. The van der Waals surface area contributed by atoms with Crippen LogP contribution in [0.2, 0.25) is 5.02 Å². The summed E-state index contributed by atoms with van der Waals surface area (Å²) in [5.41, 5.74) is 1.93. The van der Waals surface area contributed by atoms with Crippen molar-refractivity contribution in [3.05, 3.63) is 80.9 Å². The number of hydrogen-bond donors (Lipinski definition) is 2. The van der Waals surface area contributed by atoms with Gasteiger partial charge in [0.25, 0.3) is 5.56 Å². The summed E-state index contributed by atoms with van der Waals surface area (Å²) in [5.74, 6) is 0.310. The van der Waals surface area contributed by atoms with E-state index in [0.29, 0.717) is 40.6 Å². The largest absolute Gasteiger partial charge is 0.461 e. The van der Waals surface area contributed by atoms with Crippen molar-refractivity contribution >= 4 is 39.9 Å². The SMILES string of the molecule is CNCC(C)c1c(NC(=O)CC(C)(C)CCC(=O)c2cc(Cl)cc3cc(C)oc23)c(=O)n(-c2ccccc2)n1C. The highest BCUT2D eigenvalue weighted by Gasteiger charge is 2.28. The summed E-state index contributed by atoms with van der Waals surface area (Å²) in [6.07, 6.45) is 0.843. The third-order valence-electron chi connectivity index (χ3n) is 7.23. The predicted molar refractivity (Wildman–Crippen MR) is 160 cm³/mol. The number of aryl methyl sites for hydroxylation is 1. The van der Waals surface area contributed by atoms with Gasteiger partial charge in [-0.15, -0.1) is 0 Å². The molecule has 2 aromatic carbocycles. The van der Waals surface area contributed by atoms with Crippen LogP contribution in [0.5, 0.6) is 0 Å². The number of carbonyl (C=O) groups excluding carboxylic acids is 2. The van der Waals surface area contributed by atoms with Crippen molar-refractivity contribution in [2.75, 3.05) is 18.9 Å². The first kappa shape index (κ1) is 29.4. The Morgan fingerprint density at radius 3 is 2.50 bits per heavy atom. The maximum Gasteiger partial charge on any atom is 0.295 e. The van der Waals surface area contributed by atoms with Gasteiger partial charge in [-0.05, 0) is 56.1 Å². The van der Waals surface area contributed by atoms with Gasteiger partial charge in [0.1, 0.15) is 17.0 Å². The standard InChI is InChI=1S/C31H37ClN4O4/c1-19(18-33-5)28-27(30(39)36(35(28)6)23-10-8-7-9-11-23)34-26(38)17-31(3,4)13-12-25(37)24-16-22(32)15-21-14-20(2)40-29(21)24/h7-11,14-16,19,33H,12-13,17-18H2,1-6H3,(H,34,38). The van der Waals surface area contributed by atoms with Gasteiger partial charge >= 0.3 is 0 Å². The van der Waals surface area contributed by atoms with Crippen LogP contribution in [0.4, 0.5) is 5.69 Å². The van der Waals surface area contributed by atoms with Crippen molar-refractivity contribution < 1.29 is 14.0 Å². The number of rotatable bonds is 11. The van der Waals surface area contributed by atoms with Gasteiger partial charge in [0.2, 0.25) is 5.91 Å². The number of fused-ring (bicyclic) bond motifs is 1. The second-order valence-electron chi connectivity index (χ2n) is 11.2. The van der Waals surface area contributed by atoms with Crippen molar-refractivity contribution in [1.82, 2.24) is 14.7 Å². The maximum atomic E-state index is 13.6. The molecule has 0 aliphatic rings. The first-order chi connectivity index (χ1) is 18.9. The fourth-order valence-electron chi connectivity index (χ4n) is 5.31. The number of para-hydroxylation sites is 1. The van der Waals surface area contributed by atoms with Crippen LogP contribution in [-0.4, -0.2) is 34.6 Å². The molecule has 0 fully saturated rings. The zero-order valence-corrected chi connectivity index (χ0v) is 24.7. The van der Waals surface area contributed by atoms with E-state index in [1.54, 1.807) is 21.5 Å². The first-order valence-electron chi connectivity index (χ1n) is 13.5. The Bertz CT molecular complexity index is 1600. The van der Waals surface area contributed by atoms with Gasteiger partial charge in [0.05, 0.1) is 16.9 Å². The summed E-state index contributed by atoms with van der Waals surface area (Å²) in [5, 5.41) is 7.34. The van der Waals surface area contributed by atoms with Crippen LogP contribution in [0.15, 0.2) is 57.7 Å². The highest BCUT2D eigenvalue weighted by atomic mass is 35.5. The van der Waals surface area contributed by atoms with Gasteiger partial charge in [-0.25, -0.2) is 4.68 Å². The molecule has 4 aromatic rings. The van der Waals surface area contributed by atoms with Gasteiger partial charge in [0, 0.05) is 42.8 Å². The van der Waals surface area contributed by atoms with Crippen LogP contribution in [0, 0.1) is 12.3 Å². The van der Waals surface area contributed by atoms with E-state index in [-0.39, 0.29) is 41.7 Å². The Balaban J connectivity index is 1.52. The minimum absolute atomic E-state index is 0.0339. The van der Waals surface area contributed by atoms with Crippen molar-refractivity contribution in [1.29, 1.82) is 0 Å². The number of Topliss-reactive ketones (excluding diaryl/α,β-unsaturated/α-hetero) is 1. The second-order valence-corrected chi connectivity index (χ2v) is 11.7. The van der Waals surface area contributed by atoms with Gasteiger partial charge in [-0.1, -0.05) is 50.6 Å². The summed E-state index contributed by atoms with van der Waals surface area (Å²) in [6, 6.07) is 14.6. The second kappa shape index (κ2) is 11.9. The van der Waals surface area contributed by atoms with Crippen molar-refractivity contribution in [2.45, 2.75) is 52.9 Å². The Morgan fingerprint density at radius 1 is 1.12 bits per heavy atom. The fourth-order valence-corrected chi connectivity index (χ4v) is 5.54. The maximum absolute atomic E-state index is 13.6. The highest BCUT2D eigenvalue weighted by molar-refractivity contribution is 6.32. The molecule has 0 radical (unpaired) electrons. The molecule has 0 saturated heterocycles. The number of benzene rings is 2. The van der Waals surface area contributed by atoms with Gasteiger partial charge in [0.15, 0.2) is 5.78 Å². The van der Waals surface area contributed by atoms with E-state index in [1.165, 1.54) is 0 Å². The fraction of sp³-hybridized carbons (Fsp3) is 0.387. The highest BCUT2D eigenvalue weighted by Crippen LogP contribution is 2.32. The molecule has 2 aromatic heterocycles. The number of anilines is 1. The average molecular weight is 565 g/mol. The van der Waals surface area contributed by atoms with E-state index >= 15 is 0 Å². The van der Waals surface area contributed by atoms with E-state index in [4.69, 9.17) is 16.0 Å². The molecule has 0 spiro atoms. The van der Waals surface area contributed by atoms with E-state index in [9.17, 15) is 14.4 Å². The third kappa shape index (κ3) is 6.24. The van der Waals surface area contributed by atoms with E-state index in [1.807, 2.05) is 78.2 Å². The molecular formula is C31H37ClN4O4. The van der Waals surface area contributed by atoms with Crippen LogP contribution >= 0.6 is 11.6 Å². The molecule has 0 bridgehead atoms. The van der Waals surface area contributed by atoms with E-state index in [2.05, 4.69) is 10.6 Å². The Morgan fingerprint density at radius 2 is 1.82 bits per heavy atom. The molecule has 40 heavy (non-hydrogen) atoms. The van der Waals surface area contributed by atoms with E-state index in [0.717, 1.165) is 11.1 Å².